The minimum atomic E-state index is -0.153. The lowest BCUT2D eigenvalue weighted by atomic mass is 10.2. The van der Waals surface area contributed by atoms with E-state index in [0.717, 1.165) is 30.8 Å². The summed E-state index contributed by atoms with van der Waals surface area (Å²) in [5.74, 6) is 1.20. The van der Waals surface area contributed by atoms with E-state index < -0.39 is 0 Å². The normalized spacial score (nSPS) is 16.4. The standard InChI is InChI=1S/C23H24ClN5O2/c24-19-2-1-3-20(11-19)27-22(30)21-10-17(15-29(21)14-16-4-5-16)18-12-25-23(26-13-18)28-6-8-31-9-7-28/h1-3,10-13,15-16H,4-9,14H2,(H,27,30). The molecule has 1 aliphatic heterocycles. The number of anilines is 2. The van der Waals surface area contributed by atoms with Crippen molar-refractivity contribution in [2.75, 3.05) is 36.5 Å². The third-order valence-corrected chi connectivity index (χ3v) is 5.86. The summed E-state index contributed by atoms with van der Waals surface area (Å²) in [6.07, 6.45) is 8.10. The molecule has 160 valence electrons. The number of rotatable bonds is 6. The summed E-state index contributed by atoms with van der Waals surface area (Å²) >= 11 is 6.05. The zero-order valence-electron chi connectivity index (χ0n) is 17.1. The van der Waals surface area contributed by atoms with Gasteiger partial charge in [0.25, 0.3) is 5.91 Å². The maximum Gasteiger partial charge on any atom is 0.272 e. The Kier molecular flexibility index (Phi) is 5.61. The molecule has 1 saturated heterocycles. The predicted octanol–water partition coefficient (Wildman–Crippen LogP) is 4.10. The number of morpholine rings is 1. The van der Waals surface area contributed by atoms with Gasteiger partial charge in [-0.25, -0.2) is 9.97 Å². The predicted molar refractivity (Wildman–Crippen MR) is 121 cm³/mol. The Labute approximate surface area is 186 Å². The second-order valence-electron chi connectivity index (χ2n) is 8.05. The van der Waals surface area contributed by atoms with Gasteiger partial charge in [-0.3, -0.25) is 4.79 Å². The fraction of sp³-hybridized carbons (Fsp3) is 0.348. The molecule has 5 rings (SSSR count). The van der Waals surface area contributed by atoms with Crippen LogP contribution in [0.15, 0.2) is 48.9 Å². The highest BCUT2D eigenvalue weighted by Crippen LogP contribution is 2.33. The van der Waals surface area contributed by atoms with Crippen LogP contribution in [0.4, 0.5) is 11.6 Å². The molecule has 3 heterocycles. The van der Waals surface area contributed by atoms with Crippen LogP contribution in [0.5, 0.6) is 0 Å². The maximum absolute atomic E-state index is 13.0. The number of halogens is 1. The van der Waals surface area contributed by atoms with Crippen LogP contribution in [0.25, 0.3) is 11.1 Å². The monoisotopic (exact) mass is 437 g/mol. The first-order valence-electron chi connectivity index (χ1n) is 10.6. The molecule has 0 atom stereocenters. The Balaban J connectivity index is 1.39. The number of aromatic nitrogens is 3. The zero-order valence-corrected chi connectivity index (χ0v) is 17.9. The Hall–Kier alpha value is -2.90. The van der Waals surface area contributed by atoms with E-state index in [2.05, 4.69) is 20.2 Å². The number of nitrogens with one attached hydrogen (secondary N) is 1. The van der Waals surface area contributed by atoms with Gasteiger partial charge in [-0.15, -0.1) is 0 Å². The highest BCUT2D eigenvalue weighted by atomic mass is 35.5. The largest absolute Gasteiger partial charge is 0.378 e. The quantitative estimate of drug-likeness (QED) is 0.628. The third-order valence-electron chi connectivity index (χ3n) is 5.63. The molecule has 8 heteroatoms. The maximum atomic E-state index is 13.0. The molecule has 2 aromatic heterocycles. The molecule has 1 amide bonds. The first-order chi connectivity index (χ1) is 15.2. The number of hydrogen-bond acceptors (Lipinski definition) is 5. The lowest BCUT2D eigenvalue weighted by Crippen LogP contribution is -2.37. The molecule has 0 radical (unpaired) electrons. The summed E-state index contributed by atoms with van der Waals surface area (Å²) in [6.45, 7) is 3.82. The Morgan fingerprint density at radius 2 is 1.90 bits per heavy atom. The molecule has 0 unspecified atom stereocenters. The first kappa shape index (κ1) is 20.0. The van der Waals surface area contributed by atoms with Crippen molar-refractivity contribution in [3.8, 4) is 11.1 Å². The van der Waals surface area contributed by atoms with Gasteiger partial charge in [0.2, 0.25) is 5.95 Å². The summed E-state index contributed by atoms with van der Waals surface area (Å²) in [7, 11) is 0. The van der Waals surface area contributed by atoms with Gasteiger partial charge in [0.15, 0.2) is 0 Å². The average molecular weight is 438 g/mol. The third kappa shape index (κ3) is 4.73. The summed E-state index contributed by atoms with van der Waals surface area (Å²) in [5.41, 5.74) is 3.13. The van der Waals surface area contributed by atoms with Crippen LogP contribution in [-0.4, -0.2) is 46.7 Å². The van der Waals surface area contributed by atoms with Crippen LogP contribution in [-0.2, 0) is 11.3 Å². The van der Waals surface area contributed by atoms with Crippen molar-refractivity contribution in [3.63, 3.8) is 0 Å². The topological polar surface area (TPSA) is 72.3 Å². The Bertz CT molecular complexity index is 1070. The highest BCUT2D eigenvalue weighted by Gasteiger charge is 2.25. The lowest BCUT2D eigenvalue weighted by Gasteiger charge is -2.26. The van der Waals surface area contributed by atoms with E-state index in [4.69, 9.17) is 16.3 Å². The first-order valence-corrected chi connectivity index (χ1v) is 11.0. The van der Waals surface area contributed by atoms with Crippen molar-refractivity contribution in [2.45, 2.75) is 19.4 Å². The summed E-state index contributed by atoms with van der Waals surface area (Å²) in [6, 6.07) is 9.09. The fourth-order valence-corrected chi connectivity index (χ4v) is 3.94. The number of nitrogens with zero attached hydrogens (tertiary/aromatic N) is 4. The van der Waals surface area contributed by atoms with E-state index in [1.54, 1.807) is 12.1 Å². The van der Waals surface area contributed by atoms with Crippen molar-refractivity contribution in [1.82, 2.24) is 14.5 Å². The van der Waals surface area contributed by atoms with Gasteiger partial charge in [0, 0.05) is 60.1 Å². The number of hydrogen-bond donors (Lipinski definition) is 1. The summed E-state index contributed by atoms with van der Waals surface area (Å²) in [4.78, 5) is 24.2. The number of benzene rings is 1. The molecule has 1 aliphatic carbocycles. The van der Waals surface area contributed by atoms with Crippen LogP contribution in [0.2, 0.25) is 5.02 Å². The van der Waals surface area contributed by atoms with E-state index in [-0.39, 0.29) is 5.91 Å². The van der Waals surface area contributed by atoms with E-state index in [0.29, 0.717) is 41.5 Å². The van der Waals surface area contributed by atoms with Crippen LogP contribution in [0, 0.1) is 5.92 Å². The van der Waals surface area contributed by atoms with Gasteiger partial charge in [-0.05, 0) is 43.0 Å². The van der Waals surface area contributed by atoms with Gasteiger partial charge < -0.3 is 19.5 Å². The van der Waals surface area contributed by atoms with Crippen molar-refractivity contribution in [2.24, 2.45) is 5.92 Å². The smallest absolute Gasteiger partial charge is 0.272 e. The molecule has 1 saturated carbocycles. The van der Waals surface area contributed by atoms with Gasteiger partial charge in [-0.1, -0.05) is 17.7 Å². The molecular formula is C23H24ClN5O2. The van der Waals surface area contributed by atoms with Crippen LogP contribution >= 0.6 is 11.6 Å². The van der Waals surface area contributed by atoms with E-state index in [1.807, 2.05) is 41.4 Å². The number of carbonyl (C=O) groups excluding carboxylic acids is 1. The average Bonchev–Trinajstić information content (AvgIpc) is 3.51. The molecule has 0 bridgehead atoms. The summed E-state index contributed by atoms with van der Waals surface area (Å²) in [5, 5.41) is 3.54. The number of amides is 1. The molecule has 3 aromatic rings. The van der Waals surface area contributed by atoms with Gasteiger partial charge in [0.1, 0.15) is 5.69 Å². The van der Waals surface area contributed by atoms with E-state index in [9.17, 15) is 4.79 Å². The lowest BCUT2D eigenvalue weighted by molar-refractivity contribution is 0.101. The fourth-order valence-electron chi connectivity index (χ4n) is 3.75. The van der Waals surface area contributed by atoms with Crippen molar-refractivity contribution in [1.29, 1.82) is 0 Å². The molecule has 1 aromatic carbocycles. The Morgan fingerprint density at radius 3 is 2.61 bits per heavy atom. The van der Waals surface area contributed by atoms with E-state index >= 15 is 0 Å². The summed E-state index contributed by atoms with van der Waals surface area (Å²) < 4.78 is 7.44. The van der Waals surface area contributed by atoms with Crippen molar-refractivity contribution >= 4 is 29.1 Å². The molecule has 31 heavy (non-hydrogen) atoms. The number of ether oxygens (including phenoxy) is 1. The second kappa shape index (κ2) is 8.69. The molecular weight excluding hydrogens is 414 g/mol. The minimum Gasteiger partial charge on any atom is -0.378 e. The van der Waals surface area contributed by atoms with E-state index in [1.165, 1.54) is 12.8 Å². The second-order valence-corrected chi connectivity index (χ2v) is 8.48. The SMILES string of the molecule is O=C(Nc1cccc(Cl)c1)c1cc(-c2cnc(N3CCOCC3)nc2)cn1CC1CC1. The van der Waals surface area contributed by atoms with Gasteiger partial charge in [-0.2, -0.15) is 0 Å². The van der Waals surface area contributed by atoms with Crippen molar-refractivity contribution in [3.05, 3.63) is 59.6 Å². The van der Waals surface area contributed by atoms with Crippen LogP contribution < -0.4 is 10.2 Å². The van der Waals surface area contributed by atoms with Crippen molar-refractivity contribution < 1.29 is 9.53 Å². The molecule has 2 fully saturated rings. The highest BCUT2D eigenvalue weighted by molar-refractivity contribution is 6.30. The van der Waals surface area contributed by atoms with Gasteiger partial charge >= 0.3 is 0 Å². The Morgan fingerprint density at radius 1 is 1.13 bits per heavy atom. The molecule has 7 nitrogen and oxygen atoms in total. The minimum absolute atomic E-state index is 0.153. The van der Waals surface area contributed by atoms with Gasteiger partial charge in [0.05, 0.1) is 13.2 Å². The van der Waals surface area contributed by atoms with Crippen LogP contribution in [0.3, 0.4) is 0 Å². The molecule has 0 spiro atoms. The zero-order chi connectivity index (χ0) is 21.2. The molecule has 1 N–H and O–H groups in total. The number of carbonyl (C=O) groups is 1. The molecule has 2 aliphatic rings. The van der Waals surface area contributed by atoms with Crippen LogP contribution in [0.1, 0.15) is 23.3 Å².